The lowest BCUT2D eigenvalue weighted by molar-refractivity contribution is -0.146. The van der Waals surface area contributed by atoms with Crippen LogP contribution >= 0.6 is 0 Å². The van der Waals surface area contributed by atoms with Gasteiger partial charge in [-0.2, -0.15) is 5.10 Å². The highest BCUT2D eigenvalue weighted by Gasteiger charge is 2.19. The van der Waals surface area contributed by atoms with E-state index in [0.29, 0.717) is 5.69 Å². The fourth-order valence-corrected chi connectivity index (χ4v) is 2.32. The van der Waals surface area contributed by atoms with Crippen molar-refractivity contribution < 1.29 is 23.4 Å². The Morgan fingerprint density at radius 1 is 1.65 bits per heavy atom. The van der Waals surface area contributed by atoms with Crippen molar-refractivity contribution in [3.63, 3.8) is 0 Å². The third-order valence-electron chi connectivity index (χ3n) is 2.07. The molecule has 9 heteroatoms. The molecule has 4 N–H and O–H groups in total. The van der Waals surface area contributed by atoms with E-state index in [1.807, 2.05) is 0 Å². The highest BCUT2D eigenvalue weighted by atomic mass is 32.2. The summed E-state index contributed by atoms with van der Waals surface area (Å²) in [6, 6.07) is 0. The van der Waals surface area contributed by atoms with Gasteiger partial charge in [0.1, 0.15) is 4.90 Å². The predicted octanol–water partition coefficient (Wildman–Crippen LogP) is -1.17. The van der Waals surface area contributed by atoms with Gasteiger partial charge in [-0.1, -0.05) is 0 Å². The van der Waals surface area contributed by atoms with E-state index in [-0.39, 0.29) is 17.9 Å². The number of aromatic nitrogens is 2. The van der Waals surface area contributed by atoms with E-state index in [9.17, 15) is 13.2 Å². The summed E-state index contributed by atoms with van der Waals surface area (Å²) >= 11 is 0. The van der Waals surface area contributed by atoms with E-state index in [1.165, 1.54) is 0 Å². The molecule has 1 heterocycles. The molecule has 0 bridgehead atoms. The molecule has 0 radical (unpaired) electrons. The molecule has 0 aliphatic rings. The molecular weight excluding hydrogens is 250 g/mol. The molecular formula is C8H13N3O5S. The summed E-state index contributed by atoms with van der Waals surface area (Å²) in [6.45, 7) is 1.38. The molecule has 0 aliphatic carbocycles. The Morgan fingerprint density at radius 3 is 2.76 bits per heavy atom. The molecule has 1 atom stereocenters. The standard InChI is InChI=1S/C8H13N3O5S/c1-5-7(4-9-11-5)17(15,16)10-3-2-6(12)8(13)14/h4,6,10,12H,2-3H2,1H3,(H,9,11)(H,13,14)/t6-/m0/s1. The lowest BCUT2D eigenvalue weighted by atomic mass is 10.3. The highest BCUT2D eigenvalue weighted by molar-refractivity contribution is 7.89. The molecule has 0 fully saturated rings. The maximum absolute atomic E-state index is 11.7. The van der Waals surface area contributed by atoms with Gasteiger partial charge in [0.2, 0.25) is 10.0 Å². The predicted molar refractivity (Wildman–Crippen MR) is 56.8 cm³/mol. The second kappa shape index (κ2) is 5.25. The first-order chi connectivity index (χ1) is 7.84. The number of rotatable bonds is 6. The summed E-state index contributed by atoms with van der Waals surface area (Å²) in [6.07, 6.45) is -0.625. The van der Waals surface area contributed by atoms with E-state index in [4.69, 9.17) is 10.2 Å². The number of sulfonamides is 1. The first-order valence-corrected chi connectivity index (χ1v) is 6.23. The number of H-pyrrole nitrogens is 1. The molecule has 96 valence electrons. The van der Waals surface area contributed by atoms with Gasteiger partial charge in [0.25, 0.3) is 0 Å². The lowest BCUT2D eigenvalue weighted by Gasteiger charge is -2.07. The molecule has 0 saturated carbocycles. The number of carboxylic acid groups (broad SMARTS) is 1. The Bertz CT molecular complexity index is 495. The van der Waals surface area contributed by atoms with Crippen molar-refractivity contribution in [1.29, 1.82) is 0 Å². The minimum absolute atomic E-state index is 0.00214. The van der Waals surface area contributed by atoms with Gasteiger partial charge in [-0.05, 0) is 13.3 Å². The Hall–Kier alpha value is -1.45. The van der Waals surface area contributed by atoms with E-state index < -0.39 is 22.1 Å². The number of nitrogens with one attached hydrogen (secondary N) is 2. The fraction of sp³-hybridized carbons (Fsp3) is 0.500. The summed E-state index contributed by atoms with van der Waals surface area (Å²) in [4.78, 5) is 10.3. The third kappa shape index (κ3) is 3.51. The van der Waals surface area contributed by atoms with E-state index in [0.717, 1.165) is 6.20 Å². The zero-order chi connectivity index (χ0) is 13.1. The number of hydrogen-bond acceptors (Lipinski definition) is 5. The molecule has 1 aromatic heterocycles. The molecule has 0 saturated heterocycles. The van der Waals surface area contributed by atoms with Crippen LogP contribution in [0.25, 0.3) is 0 Å². The fourth-order valence-electron chi connectivity index (χ4n) is 1.14. The lowest BCUT2D eigenvalue weighted by Crippen LogP contribution is -2.30. The van der Waals surface area contributed by atoms with Crippen molar-refractivity contribution in [2.75, 3.05) is 6.54 Å². The summed E-state index contributed by atoms with van der Waals surface area (Å²) in [5.41, 5.74) is 0.385. The zero-order valence-electron chi connectivity index (χ0n) is 9.04. The molecule has 0 aliphatic heterocycles. The van der Waals surface area contributed by atoms with Gasteiger partial charge in [-0.15, -0.1) is 0 Å². The molecule has 0 unspecified atom stereocenters. The Labute approximate surface area is 97.7 Å². The van der Waals surface area contributed by atoms with Crippen molar-refractivity contribution in [3.8, 4) is 0 Å². The number of aliphatic hydroxyl groups is 1. The normalized spacial score (nSPS) is 13.5. The Kier molecular flexibility index (Phi) is 4.21. The van der Waals surface area contributed by atoms with Gasteiger partial charge in [-0.25, -0.2) is 17.9 Å². The third-order valence-corrected chi connectivity index (χ3v) is 3.64. The number of aryl methyl sites for hydroxylation is 1. The number of aromatic amines is 1. The van der Waals surface area contributed by atoms with Crippen molar-refractivity contribution in [3.05, 3.63) is 11.9 Å². The summed E-state index contributed by atoms with van der Waals surface area (Å²) in [5.74, 6) is -1.39. The van der Waals surface area contributed by atoms with Gasteiger partial charge >= 0.3 is 5.97 Å². The molecule has 0 spiro atoms. The first-order valence-electron chi connectivity index (χ1n) is 4.75. The van der Waals surface area contributed by atoms with Crippen LogP contribution in [0.5, 0.6) is 0 Å². The summed E-state index contributed by atoms with van der Waals surface area (Å²) in [5, 5.41) is 23.4. The molecule has 1 rings (SSSR count). The number of nitrogens with zero attached hydrogens (tertiary/aromatic N) is 1. The van der Waals surface area contributed by atoms with Crippen molar-refractivity contribution in [1.82, 2.24) is 14.9 Å². The van der Waals surface area contributed by atoms with Gasteiger partial charge in [-0.3, -0.25) is 5.10 Å². The van der Waals surface area contributed by atoms with Gasteiger partial charge < -0.3 is 10.2 Å². The number of hydrogen-bond donors (Lipinski definition) is 4. The second-order valence-electron chi connectivity index (χ2n) is 3.40. The van der Waals surface area contributed by atoms with E-state index in [2.05, 4.69) is 14.9 Å². The second-order valence-corrected chi connectivity index (χ2v) is 5.14. The van der Waals surface area contributed by atoms with Crippen LogP contribution < -0.4 is 4.72 Å². The van der Waals surface area contributed by atoms with Crippen LogP contribution in [0, 0.1) is 6.92 Å². The number of carboxylic acids is 1. The van der Waals surface area contributed by atoms with Crippen molar-refractivity contribution in [2.24, 2.45) is 0 Å². The van der Waals surface area contributed by atoms with E-state index >= 15 is 0 Å². The maximum Gasteiger partial charge on any atom is 0.332 e. The molecule has 8 nitrogen and oxygen atoms in total. The average Bonchev–Trinajstić information content (AvgIpc) is 2.64. The van der Waals surface area contributed by atoms with Crippen molar-refractivity contribution in [2.45, 2.75) is 24.3 Å². The Morgan fingerprint density at radius 2 is 2.29 bits per heavy atom. The van der Waals surface area contributed by atoms with Crippen LogP contribution in [0.15, 0.2) is 11.1 Å². The average molecular weight is 263 g/mol. The van der Waals surface area contributed by atoms with Gasteiger partial charge in [0.05, 0.1) is 11.9 Å². The smallest absolute Gasteiger partial charge is 0.332 e. The Balaban J connectivity index is 2.58. The SMILES string of the molecule is Cc1[nH]ncc1S(=O)(=O)NCC[C@H](O)C(=O)O. The minimum Gasteiger partial charge on any atom is -0.479 e. The molecule has 0 amide bonds. The molecule has 1 aromatic rings. The highest BCUT2D eigenvalue weighted by Crippen LogP contribution is 2.10. The molecule has 17 heavy (non-hydrogen) atoms. The quantitative estimate of drug-likeness (QED) is 0.511. The number of carbonyl (C=O) groups is 1. The van der Waals surface area contributed by atoms with Crippen LogP contribution in [0.1, 0.15) is 12.1 Å². The largest absolute Gasteiger partial charge is 0.479 e. The monoisotopic (exact) mass is 263 g/mol. The van der Waals surface area contributed by atoms with Gasteiger partial charge in [0, 0.05) is 6.54 Å². The zero-order valence-corrected chi connectivity index (χ0v) is 9.86. The summed E-state index contributed by atoms with van der Waals surface area (Å²) < 4.78 is 25.5. The summed E-state index contributed by atoms with van der Waals surface area (Å²) in [7, 11) is -3.72. The van der Waals surface area contributed by atoms with Crippen LogP contribution in [0.4, 0.5) is 0 Å². The van der Waals surface area contributed by atoms with Crippen LogP contribution in [-0.4, -0.2) is 47.4 Å². The van der Waals surface area contributed by atoms with Crippen molar-refractivity contribution >= 4 is 16.0 Å². The first kappa shape index (κ1) is 13.6. The minimum atomic E-state index is -3.72. The molecule has 0 aromatic carbocycles. The number of aliphatic carboxylic acids is 1. The van der Waals surface area contributed by atoms with Gasteiger partial charge in [0.15, 0.2) is 6.10 Å². The number of aliphatic hydroxyl groups excluding tert-OH is 1. The maximum atomic E-state index is 11.7. The van der Waals surface area contributed by atoms with Crippen LogP contribution in [0.3, 0.4) is 0 Å². The van der Waals surface area contributed by atoms with Crippen LogP contribution in [-0.2, 0) is 14.8 Å². The van der Waals surface area contributed by atoms with Crippen LogP contribution in [0.2, 0.25) is 0 Å². The topological polar surface area (TPSA) is 132 Å². The van der Waals surface area contributed by atoms with E-state index in [1.54, 1.807) is 6.92 Å².